The Kier molecular flexibility index (Phi) is 35.1. The maximum absolute atomic E-state index is 14.3. The lowest BCUT2D eigenvalue weighted by atomic mass is 9.72. The molecular weight excluding hydrogens is 1940 g/mol. The van der Waals surface area contributed by atoms with Gasteiger partial charge in [-0.2, -0.15) is 39.5 Å². The zero-order valence-electron chi connectivity index (χ0n) is 95.9. The number of amides is 3. The van der Waals surface area contributed by atoms with Gasteiger partial charge in [0.25, 0.3) is 0 Å². The molecule has 0 bridgehead atoms. The van der Waals surface area contributed by atoms with Crippen molar-refractivity contribution in [3.05, 3.63) is 253 Å². The second-order valence-electron chi connectivity index (χ2n) is 41.8. The van der Waals surface area contributed by atoms with Crippen LogP contribution in [0.1, 0.15) is 330 Å². The van der Waals surface area contributed by atoms with E-state index in [2.05, 4.69) is 106 Å². The van der Waals surface area contributed by atoms with Crippen molar-refractivity contribution >= 4 is 90.8 Å². The number of Topliss-reactive ketones (excluding diaryl/α,β-unsaturated/α-hetero) is 2. The van der Waals surface area contributed by atoms with Crippen molar-refractivity contribution in [2.45, 2.75) is 315 Å². The van der Waals surface area contributed by atoms with E-state index in [1.807, 2.05) is 54.6 Å². The molecule has 10 fully saturated rings. The predicted molar refractivity (Wildman–Crippen MR) is 561 cm³/mol. The van der Waals surface area contributed by atoms with Crippen LogP contribution in [-0.4, -0.2) is 123 Å². The summed E-state index contributed by atoms with van der Waals surface area (Å²) in [6.07, 6.45) is 22.3. The summed E-state index contributed by atoms with van der Waals surface area (Å²) in [7, 11) is 0. The first-order valence-electron chi connectivity index (χ1n) is 57.5. The molecule has 28 heteroatoms. The third kappa shape index (κ3) is 30.1. The molecule has 16 nitrogen and oxygen atoms in total. The van der Waals surface area contributed by atoms with E-state index in [1.54, 1.807) is 0 Å². The number of aromatic nitrogens is 3. The first kappa shape index (κ1) is 99.1. The van der Waals surface area contributed by atoms with Crippen molar-refractivity contribution < 1.29 is 98.9 Å². The normalized spacial score (nSPS) is 27.3. The molecule has 2 N–H and O–H groups in total. The Morgan fingerprint density at radius 2 is 0.664 bits per heavy atom. The van der Waals surface area contributed by atoms with Crippen LogP contribution >= 0.6 is 37.2 Å². The van der Waals surface area contributed by atoms with Crippen molar-refractivity contribution in [2.24, 2.45) is 63.3 Å². The molecule has 146 heavy (non-hydrogen) atoms. The maximum atomic E-state index is 14.3. The molecule has 2 saturated heterocycles. The van der Waals surface area contributed by atoms with Crippen LogP contribution in [0.3, 0.4) is 0 Å². The van der Waals surface area contributed by atoms with E-state index in [0.29, 0.717) is 135 Å². The van der Waals surface area contributed by atoms with Gasteiger partial charge in [0, 0.05) is 168 Å². The monoisotopic (exact) mass is 2100 g/mol. The van der Waals surface area contributed by atoms with Gasteiger partial charge in [0.15, 0.2) is 11.6 Å². The van der Waals surface area contributed by atoms with Crippen molar-refractivity contribution in [1.82, 2.24) is 29.7 Å². The second-order valence-corrected chi connectivity index (χ2v) is 41.8. The molecule has 3 amide bonds. The van der Waals surface area contributed by atoms with Crippen molar-refractivity contribution in [1.29, 1.82) is 0 Å². The molecule has 794 valence electrons. The van der Waals surface area contributed by atoms with E-state index in [-0.39, 0.29) is 125 Å². The summed E-state index contributed by atoms with van der Waals surface area (Å²) in [6, 6.07) is 44.0. The van der Waals surface area contributed by atoms with E-state index < -0.39 is 113 Å². The number of halogens is 12. The summed E-state index contributed by atoms with van der Waals surface area (Å²) >= 11 is 0. The van der Waals surface area contributed by atoms with E-state index >= 15 is 0 Å². The minimum atomic E-state index is -4.55. The molecule has 3 aromatic heterocycles. The van der Waals surface area contributed by atoms with Gasteiger partial charge in [-0.1, -0.05) is 209 Å². The van der Waals surface area contributed by atoms with Gasteiger partial charge in [0.1, 0.15) is 11.6 Å². The first-order chi connectivity index (χ1) is 73.1. The molecule has 8 saturated carbocycles. The van der Waals surface area contributed by atoms with Crippen LogP contribution in [0.4, 0.5) is 39.5 Å². The maximum Gasteiger partial charge on any atom is 0.417 e. The van der Waals surface area contributed by atoms with Crippen LogP contribution < -0.4 is 5.73 Å². The molecule has 9 atom stereocenters. The average Bonchev–Trinajstić information content (AvgIpc) is 1.62. The second kappa shape index (κ2) is 51.7. The van der Waals surface area contributed by atoms with Gasteiger partial charge in [-0.15, -0.1) is 37.2 Å². The number of ketones is 2. The van der Waals surface area contributed by atoms with Gasteiger partial charge in [-0.25, -0.2) is 0 Å². The lowest BCUT2D eigenvalue weighted by molar-refractivity contribution is -0.179. The van der Waals surface area contributed by atoms with E-state index in [0.717, 1.165) is 178 Å². The number of carbonyl (C=O) groups is 5. The number of carbonyl (C=O) groups excluding carboxylic acids is 5. The lowest BCUT2D eigenvalue weighted by Gasteiger charge is -2.39. The predicted octanol–water partition coefficient (Wildman–Crippen LogP) is 28.1. The standard InChI is InChI=1S/2C32H39F3N2O.C18H24F3N3O.C15H18O2.C13H14O.C8H12O3.3ClH/c2*1-22(2)31(30(38)37-15-13-29-27(21-37)18-28(20-36-29)32(33,34)35)14-12-26(19-31)17-25-10-8-24(9-11-25)16-23-6-4-3-5-7-23;1-11(2)17(5-3-14(22)8-17)16(25)24-6-4-15-12(10-24)7-13(9-23-15)18(19,20)21;1-2-4-13(5-3-1)12-14-6-8-15(9-7-14)16-10-11-17-15;14-13-8-6-12(7-9-13)10-11-4-2-1-3-5-11;9-7-1-3-8(4-2-7)10-5-6-11-8;;;/h2*3-7,16,18,20,22,25-26H,8-15,17,19,21H2,1-2H3;7,9,11,14H,3-6,8,10,22H2,1-2H3;1-5,12H,6-11H2;1-5,10H,6-9H2;1-6H2;3*1H/t2*25?,26-,31-;14-,17+;;;;;;/m001....../s1/i2*1D3,22D;1D3,11D;;;;;;/t2*22?,25?,26-,31-;11?,14-,17+;;;;;;. The van der Waals surface area contributed by atoms with Crippen LogP contribution in [0.2, 0.25) is 0 Å². The first-order valence-corrected chi connectivity index (χ1v) is 51.5. The highest BCUT2D eigenvalue weighted by molar-refractivity contribution is 5.87. The smallest absolute Gasteiger partial charge is 0.348 e. The number of hydrogen-bond donors (Lipinski definition) is 1. The number of benzene rings is 4. The minimum absolute atomic E-state index is 0. The molecule has 13 aliphatic rings. The fourth-order valence-corrected chi connectivity index (χ4v) is 23.5. The number of allylic oxidation sites excluding steroid dienone is 4. The van der Waals surface area contributed by atoms with E-state index in [4.69, 9.17) is 41.1 Å². The van der Waals surface area contributed by atoms with Gasteiger partial charge in [-0.3, -0.25) is 38.9 Å². The van der Waals surface area contributed by atoms with Gasteiger partial charge in [0.2, 0.25) is 17.7 Å². The number of fused-ring (bicyclic) bond motifs is 3. The molecular formula is C118H149Cl3F9N7O9. The van der Waals surface area contributed by atoms with Crippen LogP contribution in [-0.2, 0) is 100 Å². The average molecular weight is 2100 g/mol. The summed E-state index contributed by atoms with van der Waals surface area (Å²) < 4.78 is 241. The summed E-state index contributed by atoms with van der Waals surface area (Å²) in [5.74, 6) is -6.14. The number of ether oxygens (including phenoxy) is 4. The molecule has 4 aromatic carbocycles. The van der Waals surface area contributed by atoms with Crippen LogP contribution in [0.15, 0.2) is 180 Å². The lowest BCUT2D eigenvalue weighted by Crippen LogP contribution is -2.48. The van der Waals surface area contributed by atoms with Gasteiger partial charge in [-0.05, 0) is 246 Å². The van der Waals surface area contributed by atoms with Crippen LogP contribution in [0.5, 0.6) is 0 Å². The molecule has 7 aromatic rings. The Labute approximate surface area is 892 Å². The number of rotatable bonds is 14. The molecule has 20 rings (SSSR count). The third-order valence-electron chi connectivity index (χ3n) is 31.9. The minimum Gasteiger partial charge on any atom is -0.348 e. The largest absolute Gasteiger partial charge is 0.417 e. The van der Waals surface area contributed by atoms with Crippen LogP contribution in [0.25, 0.3) is 24.3 Å². The van der Waals surface area contributed by atoms with E-state index in [9.17, 15) is 63.5 Å². The fourth-order valence-electron chi connectivity index (χ4n) is 23.5. The Morgan fingerprint density at radius 1 is 0.384 bits per heavy atom. The SMILES string of the molecule is C(=C1CCC2(CC1)OCCO2)c1ccccc1.Cl.Cl.Cl.O=C1CCC(=Cc2ccccc2)CC1.O=C1CCC2(CC1)OCCO2.[2H]C([2H])([2H])C([2H])(C)[C@]1(C(=O)N2CCc3ncc(C(F)(F)F)cc3C2)CC[C@@H](CC2CCC(=Cc3ccccc3)CC2)C1.[2H]C([2H])([2H])C([2H])(C)[C@]1(C(=O)N2CCc3ncc(C(F)(F)F)cc3C2)CC[C@@H](CC2CCC(=Cc3ccccc3)CC2)C1.[2H]C([2H])([2H])C([2H])(C)[C@]1(C(=O)N2CCc3ncc(C(F)(F)F)cc3C2)CC[C@@H](N)C1. The Morgan fingerprint density at radius 3 is 0.959 bits per heavy atom. The number of pyridine rings is 3. The molecule has 8 heterocycles. The Balaban J connectivity index is 0.000000176. The topological polar surface area (TPSA) is 197 Å². The molecule has 2 spiro atoms. The van der Waals surface area contributed by atoms with Gasteiger partial charge >= 0.3 is 18.5 Å². The van der Waals surface area contributed by atoms with Crippen molar-refractivity contribution in [2.75, 3.05) is 46.1 Å². The van der Waals surface area contributed by atoms with Gasteiger partial charge in [0.05, 0.1) is 59.4 Å². The number of nitrogens with two attached hydrogens (primary N) is 1. The summed E-state index contributed by atoms with van der Waals surface area (Å²) in [5.41, 5.74) is 12.2. The fraction of sp³-hybridized carbons (Fsp3) is 0.559. The molecule has 0 radical (unpaired) electrons. The van der Waals surface area contributed by atoms with E-state index in [1.165, 1.54) is 80.0 Å². The molecule has 3 unspecified atom stereocenters. The zero-order chi connectivity index (χ0) is 112. The van der Waals surface area contributed by atoms with Crippen molar-refractivity contribution in [3.8, 4) is 0 Å². The highest BCUT2D eigenvalue weighted by Gasteiger charge is 2.54. The molecule has 8 aliphatic carbocycles. The highest BCUT2D eigenvalue weighted by Crippen LogP contribution is 2.55. The summed E-state index contributed by atoms with van der Waals surface area (Å²) in [5, 5.41) is 0. The van der Waals surface area contributed by atoms with Crippen LogP contribution in [0, 0.1) is 57.6 Å². The quantitative estimate of drug-likeness (QED) is 0.101. The third-order valence-corrected chi connectivity index (χ3v) is 31.9. The number of nitrogens with zero attached hydrogens (tertiary/aromatic N) is 6. The Hall–Kier alpha value is -8.92. The Bertz CT molecular complexity index is 5920. The number of hydrogen-bond acceptors (Lipinski definition) is 13. The summed E-state index contributed by atoms with van der Waals surface area (Å²) in [6.45, 7) is -0.805. The molecule has 5 aliphatic heterocycles. The van der Waals surface area contributed by atoms with Crippen molar-refractivity contribution in [3.63, 3.8) is 0 Å². The highest BCUT2D eigenvalue weighted by atomic mass is 35.5. The number of alkyl halides is 9. The van der Waals surface area contributed by atoms with Gasteiger partial charge < -0.3 is 39.4 Å². The summed E-state index contributed by atoms with van der Waals surface area (Å²) in [4.78, 5) is 80.2. The zero-order valence-corrected chi connectivity index (χ0v) is 86.3.